The summed E-state index contributed by atoms with van der Waals surface area (Å²) in [4.78, 5) is 12.7. The van der Waals surface area contributed by atoms with E-state index in [9.17, 15) is 18.5 Å². The molecule has 3 aromatic rings. The van der Waals surface area contributed by atoms with Crippen molar-refractivity contribution in [2.24, 2.45) is 0 Å². The maximum absolute atomic E-state index is 12.7. The average Bonchev–Trinajstić information content (AvgIpc) is 3.40. The lowest BCUT2D eigenvalue weighted by Crippen LogP contribution is -2.23. The van der Waals surface area contributed by atoms with Gasteiger partial charge in [0, 0.05) is 23.6 Å². The number of aryl methyl sites for hydroxylation is 1. The number of carbonyl (C=O) groups is 1. The van der Waals surface area contributed by atoms with E-state index in [1.807, 2.05) is 26.0 Å². The molecule has 0 spiro atoms. The zero-order valence-electron chi connectivity index (χ0n) is 18.8. The Morgan fingerprint density at radius 1 is 1.21 bits per heavy atom. The van der Waals surface area contributed by atoms with Gasteiger partial charge in [-0.2, -0.15) is 5.26 Å². The SMILES string of the molecule is CCCn1c(C)cc(/C=C(\C#N)C(=O)Nc2cccc(S(=O)(=O)NCc3ccco3)c2)c1C. The van der Waals surface area contributed by atoms with Crippen molar-refractivity contribution >= 4 is 27.7 Å². The van der Waals surface area contributed by atoms with Crippen LogP contribution in [0.5, 0.6) is 0 Å². The van der Waals surface area contributed by atoms with E-state index in [-0.39, 0.29) is 22.7 Å². The molecule has 9 heteroatoms. The average molecular weight is 467 g/mol. The van der Waals surface area contributed by atoms with Crippen molar-refractivity contribution in [1.29, 1.82) is 5.26 Å². The van der Waals surface area contributed by atoms with Gasteiger partial charge in [0.15, 0.2) is 0 Å². The zero-order chi connectivity index (χ0) is 24.0. The highest BCUT2D eigenvalue weighted by Gasteiger charge is 2.17. The molecule has 2 N–H and O–H groups in total. The van der Waals surface area contributed by atoms with E-state index in [2.05, 4.69) is 21.5 Å². The van der Waals surface area contributed by atoms with Crippen LogP contribution in [-0.2, 0) is 27.9 Å². The molecule has 0 atom stereocenters. The van der Waals surface area contributed by atoms with E-state index in [1.165, 1.54) is 24.5 Å². The van der Waals surface area contributed by atoms with E-state index in [4.69, 9.17) is 4.42 Å². The Kier molecular flexibility index (Phi) is 7.53. The van der Waals surface area contributed by atoms with Gasteiger partial charge in [-0.05, 0) is 68.3 Å². The van der Waals surface area contributed by atoms with Crippen LogP contribution >= 0.6 is 0 Å². The van der Waals surface area contributed by atoms with Gasteiger partial charge in [-0.25, -0.2) is 13.1 Å². The number of benzene rings is 1. The monoisotopic (exact) mass is 466 g/mol. The minimum atomic E-state index is -3.83. The molecule has 1 amide bonds. The summed E-state index contributed by atoms with van der Waals surface area (Å²) in [5, 5.41) is 12.2. The topological polar surface area (TPSA) is 117 Å². The normalized spacial score (nSPS) is 11.9. The molecule has 2 aromatic heterocycles. The molecule has 0 saturated carbocycles. The third-order valence-electron chi connectivity index (χ3n) is 5.14. The molecule has 172 valence electrons. The summed E-state index contributed by atoms with van der Waals surface area (Å²) < 4.78 is 34.9. The van der Waals surface area contributed by atoms with Gasteiger partial charge in [-0.1, -0.05) is 13.0 Å². The van der Waals surface area contributed by atoms with E-state index < -0.39 is 15.9 Å². The number of sulfonamides is 1. The van der Waals surface area contributed by atoms with Crippen molar-refractivity contribution in [1.82, 2.24) is 9.29 Å². The van der Waals surface area contributed by atoms with Gasteiger partial charge in [0.2, 0.25) is 10.0 Å². The molecule has 0 saturated heterocycles. The highest BCUT2D eigenvalue weighted by Crippen LogP contribution is 2.20. The third kappa shape index (κ3) is 5.80. The summed E-state index contributed by atoms with van der Waals surface area (Å²) >= 11 is 0. The number of hydrogen-bond donors (Lipinski definition) is 2. The van der Waals surface area contributed by atoms with Crippen LogP contribution in [0.1, 0.15) is 36.1 Å². The van der Waals surface area contributed by atoms with Gasteiger partial charge in [-0.3, -0.25) is 4.79 Å². The number of nitriles is 1. The Bertz CT molecular complexity index is 1310. The van der Waals surface area contributed by atoms with Crippen LogP contribution in [0.4, 0.5) is 5.69 Å². The van der Waals surface area contributed by atoms with Crippen molar-refractivity contribution < 1.29 is 17.6 Å². The molecule has 0 aliphatic heterocycles. The number of nitrogens with one attached hydrogen (secondary N) is 2. The largest absolute Gasteiger partial charge is 0.468 e. The van der Waals surface area contributed by atoms with Gasteiger partial charge in [0.1, 0.15) is 17.4 Å². The summed E-state index contributed by atoms with van der Waals surface area (Å²) in [5.41, 5.74) is 3.02. The van der Waals surface area contributed by atoms with Gasteiger partial charge >= 0.3 is 0 Å². The van der Waals surface area contributed by atoms with E-state index >= 15 is 0 Å². The lowest BCUT2D eigenvalue weighted by Gasteiger charge is -2.09. The highest BCUT2D eigenvalue weighted by atomic mass is 32.2. The standard InChI is InChI=1S/C24H26N4O4S/c1-4-10-28-17(2)12-19(18(28)3)13-20(15-25)24(29)27-21-7-5-9-23(14-21)33(30,31)26-16-22-8-6-11-32-22/h5-9,11-14,26H,4,10,16H2,1-3H3,(H,27,29)/b20-13+. The maximum atomic E-state index is 12.7. The quantitative estimate of drug-likeness (QED) is 0.363. The predicted octanol–water partition coefficient (Wildman–Crippen LogP) is 4.13. The van der Waals surface area contributed by atoms with Crippen molar-refractivity contribution in [3.63, 3.8) is 0 Å². The number of rotatable bonds is 9. The molecule has 2 heterocycles. The van der Waals surface area contributed by atoms with Crippen LogP contribution in [0, 0.1) is 25.2 Å². The number of furan rings is 1. The Hall–Kier alpha value is -3.61. The van der Waals surface area contributed by atoms with Crippen LogP contribution in [0.15, 0.2) is 63.6 Å². The summed E-state index contributed by atoms with van der Waals surface area (Å²) in [5.74, 6) is -0.138. The van der Waals surface area contributed by atoms with E-state index in [1.54, 1.807) is 24.3 Å². The number of anilines is 1. The van der Waals surface area contributed by atoms with E-state index in [0.29, 0.717) is 5.76 Å². The fourth-order valence-electron chi connectivity index (χ4n) is 3.45. The van der Waals surface area contributed by atoms with Gasteiger partial charge in [0.25, 0.3) is 5.91 Å². The van der Waals surface area contributed by atoms with Crippen LogP contribution < -0.4 is 10.0 Å². The summed E-state index contributed by atoms with van der Waals surface area (Å²) in [6.07, 6.45) is 3.98. The predicted molar refractivity (Wildman–Crippen MR) is 126 cm³/mol. The molecule has 0 aliphatic carbocycles. The molecule has 0 aliphatic rings. The molecule has 3 rings (SSSR count). The molecule has 8 nitrogen and oxygen atoms in total. The molecule has 0 fully saturated rings. The minimum absolute atomic E-state index is 0.00366. The second-order valence-electron chi connectivity index (χ2n) is 7.53. The van der Waals surface area contributed by atoms with Crippen molar-refractivity contribution in [3.8, 4) is 6.07 Å². The van der Waals surface area contributed by atoms with Crippen molar-refractivity contribution in [2.75, 3.05) is 5.32 Å². The molecule has 0 radical (unpaired) electrons. The summed E-state index contributed by atoms with van der Waals surface area (Å²) in [6, 6.07) is 13.0. The van der Waals surface area contributed by atoms with Gasteiger partial charge in [0.05, 0.1) is 17.7 Å². The Morgan fingerprint density at radius 2 is 2.00 bits per heavy atom. The van der Waals surface area contributed by atoms with Crippen molar-refractivity contribution in [2.45, 2.75) is 45.2 Å². The molecular weight excluding hydrogens is 440 g/mol. The van der Waals surface area contributed by atoms with Gasteiger partial charge < -0.3 is 14.3 Å². The number of nitrogens with zero attached hydrogens (tertiary/aromatic N) is 2. The first kappa shape index (κ1) is 24.0. The minimum Gasteiger partial charge on any atom is -0.468 e. The molecule has 1 aromatic carbocycles. The first-order chi connectivity index (χ1) is 15.7. The van der Waals surface area contributed by atoms with Crippen molar-refractivity contribution in [3.05, 3.63) is 77.0 Å². The Morgan fingerprint density at radius 3 is 2.67 bits per heavy atom. The Balaban J connectivity index is 1.77. The van der Waals surface area contributed by atoms with Crippen LogP contribution in [0.2, 0.25) is 0 Å². The fourth-order valence-corrected chi connectivity index (χ4v) is 4.49. The zero-order valence-corrected chi connectivity index (χ0v) is 19.6. The second-order valence-corrected chi connectivity index (χ2v) is 9.30. The molecule has 0 unspecified atom stereocenters. The number of carbonyl (C=O) groups excluding carboxylic acids is 1. The van der Waals surface area contributed by atoms with Gasteiger partial charge in [-0.15, -0.1) is 0 Å². The highest BCUT2D eigenvalue weighted by molar-refractivity contribution is 7.89. The number of amides is 1. The smallest absolute Gasteiger partial charge is 0.266 e. The number of hydrogen-bond acceptors (Lipinski definition) is 5. The van der Waals surface area contributed by atoms with E-state index in [0.717, 1.165) is 29.9 Å². The third-order valence-corrected chi connectivity index (χ3v) is 6.54. The van der Waals surface area contributed by atoms with Crippen LogP contribution in [0.25, 0.3) is 6.08 Å². The fraction of sp³-hybridized carbons (Fsp3) is 0.250. The lowest BCUT2D eigenvalue weighted by molar-refractivity contribution is -0.112. The second kappa shape index (κ2) is 10.3. The molecule has 33 heavy (non-hydrogen) atoms. The maximum Gasteiger partial charge on any atom is 0.266 e. The molecular formula is C24H26N4O4S. The first-order valence-electron chi connectivity index (χ1n) is 10.5. The summed E-state index contributed by atoms with van der Waals surface area (Å²) in [6.45, 7) is 6.88. The van der Waals surface area contributed by atoms with Crippen LogP contribution in [-0.4, -0.2) is 18.9 Å². The molecule has 0 bridgehead atoms. The Labute approximate surface area is 193 Å². The lowest BCUT2D eigenvalue weighted by atomic mass is 10.1. The number of aromatic nitrogens is 1. The first-order valence-corrected chi connectivity index (χ1v) is 12.0. The van der Waals surface area contributed by atoms with Crippen LogP contribution in [0.3, 0.4) is 0 Å². The summed E-state index contributed by atoms with van der Waals surface area (Å²) in [7, 11) is -3.83.